The molecule has 0 saturated carbocycles. The molecule has 0 unspecified atom stereocenters. The number of para-hydroxylation sites is 1. The largest absolute Gasteiger partial charge is 0.378 e. The van der Waals surface area contributed by atoms with Gasteiger partial charge in [-0.3, -0.25) is 4.79 Å². The van der Waals surface area contributed by atoms with Crippen molar-refractivity contribution >= 4 is 16.8 Å². The second kappa shape index (κ2) is 6.76. The molecule has 1 fully saturated rings. The van der Waals surface area contributed by atoms with Gasteiger partial charge in [-0.1, -0.05) is 18.2 Å². The zero-order valence-corrected chi connectivity index (χ0v) is 12.2. The fourth-order valence-corrected chi connectivity index (χ4v) is 2.86. The Morgan fingerprint density at radius 2 is 2.29 bits per heavy atom. The molecule has 0 bridgehead atoms. The van der Waals surface area contributed by atoms with E-state index in [1.165, 1.54) is 5.39 Å². The number of nitrogens with one attached hydrogen (secondary N) is 2. The summed E-state index contributed by atoms with van der Waals surface area (Å²) in [5.41, 5.74) is 2.31. The summed E-state index contributed by atoms with van der Waals surface area (Å²) in [4.78, 5) is 15.2. The molecule has 2 N–H and O–H groups in total. The molecule has 3 rings (SSSR count). The maximum atomic E-state index is 11.8. The first-order chi connectivity index (χ1) is 10.3. The predicted octanol–water partition coefficient (Wildman–Crippen LogP) is 2.79. The van der Waals surface area contributed by atoms with Gasteiger partial charge in [-0.05, 0) is 36.8 Å². The molecule has 0 spiro atoms. The van der Waals surface area contributed by atoms with Crippen LogP contribution in [0.4, 0.5) is 0 Å². The Morgan fingerprint density at radius 1 is 1.38 bits per heavy atom. The van der Waals surface area contributed by atoms with E-state index in [4.69, 9.17) is 4.74 Å². The lowest BCUT2D eigenvalue weighted by molar-refractivity contribution is -0.121. The van der Waals surface area contributed by atoms with Gasteiger partial charge in [0.2, 0.25) is 5.91 Å². The van der Waals surface area contributed by atoms with Crippen LogP contribution in [0.25, 0.3) is 10.9 Å². The molecule has 2 heterocycles. The van der Waals surface area contributed by atoms with Gasteiger partial charge < -0.3 is 15.0 Å². The van der Waals surface area contributed by atoms with Gasteiger partial charge in [0.25, 0.3) is 0 Å². The van der Waals surface area contributed by atoms with Gasteiger partial charge in [0.15, 0.2) is 0 Å². The molecular weight excluding hydrogens is 264 g/mol. The standard InChI is InChI=1S/C17H22N2O2/c20-17(8-7-15-5-3-11-21-15)18-10-9-14-12-13-4-1-2-6-16(13)19-14/h1-2,4,6,12,15,19H,3,5,7-11H2,(H,18,20)/t15-/m0/s1. The zero-order chi connectivity index (χ0) is 14.5. The van der Waals surface area contributed by atoms with E-state index in [-0.39, 0.29) is 5.91 Å². The van der Waals surface area contributed by atoms with Crippen molar-refractivity contribution in [3.8, 4) is 0 Å². The van der Waals surface area contributed by atoms with Crippen LogP contribution in [0, 0.1) is 0 Å². The molecule has 1 amide bonds. The van der Waals surface area contributed by atoms with Crippen molar-refractivity contribution in [2.45, 2.75) is 38.2 Å². The second-order valence-corrected chi connectivity index (χ2v) is 5.66. The van der Waals surface area contributed by atoms with Crippen LogP contribution in [0.2, 0.25) is 0 Å². The van der Waals surface area contributed by atoms with Crippen LogP contribution in [-0.4, -0.2) is 30.1 Å². The fourth-order valence-electron chi connectivity index (χ4n) is 2.86. The molecule has 2 aromatic rings. The number of rotatable bonds is 6. The van der Waals surface area contributed by atoms with Crippen molar-refractivity contribution in [1.29, 1.82) is 0 Å². The lowest BCUT2D eigenvalue weighted by Crippen LogP contribution is -2.26. The van der Waals surface area contributed by atoms with Crippen molar-refractivity contribution in [2.75, 3.05) is 13.2 Å². The molecule has 0 radical (unpaired) electrons. The predicted molar refractivity (Wildman–Crippen MR) is 83.2 cm³/mol. The second-order valence-electron chi connectivity index (χ2n) is 5.66. The fraction of sp³-hybridized carbons (Fsp3) is 0.471. The third kappa shape index (κ3) is 3.85. The van der Waals surface area contributed by atoms with Gasteiger partial charge in [0.1, 0.15) is 0 Å². The smallest absolute Gasteiger partial charge is 0.220 e. The number of carbonyl (C=O) groups is 1. The molecule has 1 aromatic heterocycles. The van der Waals surface area contributed by atoms with Gasteiger partial charge in [-0.2, -0.15) is 0 Å². The molecule has 4 nitrogen and oxygen atoms in total. The van der Waals surface area contributed by atoms with Crippen LogP contribution in [0.3, 0.4) is 0 Å². The van der Waals surface area contributed by atoms with Crippen LogP contribution in [0.15, 0.2) is 30.3 Å². The molecule has 0 aliphatic carbocycles. The minimum Gasteiger partial charge on any atom is -0.378 e. The number of amides is 1. The highest BCUT2D eigenvalue weighted by Crippen LogP contribution is 2.17. The highest BCUT2D eigenvalue weighted by atomic mass is 16.5. The lowest BCUT2D eigenvalue weighted by Gasteiger charge is -2.09. The maximum Gasteiger partial charge on any atom is 0.220 e. The maximum absolute atomic E-state index is 11.8. The quantitative estimate of drug-likeness (QED) is 0.858. The normalized spacial score (nSPS) is 18.2. The summed E-state index contributed by atoms with van der Waals surface area (Å²) in [6.07, 6.45) is 4.77. The summed E-state index contributed by atoms with van der Waals surface area (Å²) < 4.78 is 5.53. The average molecular weight is 286 g/mol. The molecule has 1 aliphatic rings. The number of benzene rings is 1. The number of ether oxygens (including phenoxy) is 1. The van der Waals surface area contributed by atoms with Gasteiger partial charge >= 0.3 is 0 Å². The van der Waals surface area contributed by atoms with Crippen molar-refractivity contribution in [2.24, 2.45) is 0 Å². The summed E-state index contributed by atoms with van der Waals surface area (Å²) in [5, 5.41) is 4.20. The summed E-state index contributed by atoms with van der Waals surface area (Å²) in [5.74, 6) is 0.126. The van der Waals surface area contributed by atoms with Crippen molar-refractivity contribution < 1.29 is 9.53 Å². The van der Waals surface area contributed by atoms with E-state index in [0.29, 0.717) is 19.1 Å². The van der Waals surface area contributed by atoms with Crippen LogP contribution in [0.5, 0.6) is 0 Å². The number of carbonyl (C=O) groups excluding carboxylic acids is 1. The summed E-state index contributed by atoms with van der Waals surface area (Å²) in [6.45, 7) is 1.53. The van der Waals surface area contributed by atoms with E-state index in [0.717, 1.165) is 43.5 Å². The Hall–Kier alpha value is -1.81. The molecule has 1 aromatic carbocycles. The topological polar surface area (TPSA) is 54.1 Å². The minimum atomic E-state index is 0.126. The number of hydrogen-bond acceptors (Lipinski definition) is 2. The molecular formula is C17H22N2O2. The van der Waals surface area contributed by atoms with E-state index in [2.05, 4.69) is 28.5 Å². The highest BCUT2D eigenvalue weighted by Gasteiger charge is 2.16. The van der Waals surface area contributed by atoms with Crippen LogP contribution >= 0.6 is 0 Å². The molecule has 112 valence electrons. The van der Waals surface area contributed by atoms with Crippen LogP contribution < -0.4 is 5.32 Å². The molecule has 1 aliphatic heterocycles. The number of aromatic nitrogens is 1. The first-order valence-electron chi connectivity index (χ1n) is 7.76. The molecule has 1 saturated heterocycles. The Labute approximate surface area is 124 Å². The van der Waals surface area contributed by atoms with Gasteiger partial charge in [0, 0.05) is 37.2 Å². The van der Waals surface area contributed by atoms with Crippen molar-refractivity contribution in [3.05, 3.63) is 36.0 Å². The molecule has 21 heavy (non-hydrogen) atoms. The summed E-state index contributed by atoms with van der Waals surface area (Å²) in [7, 11) is 0. The van der Waals surface area contributed by atoms with E-state index >= 15 is 0 Å². The molecule has 4 heteroatoms. The molecule has 1 atom stereocenters. The minimum absolute atomic E-state index is 0.126. The van der Waals surface area contributed by atoms with Crippen LogP contribution in [0.1, 0.15) is 31.4 Å². The SMILES string of the molecule is O=C(CC[C@@H]1CCCO1)NCCc1cc2ccccc2[nH]1. The summed E-state index contributed by atoms with van der Waals surface area (Å²) >= 11 is 0. The zero-order valence-electron chi connectivity index (χ0n) is 12.2. The van der Waals surface area contributed by atoms with Crippen molar-refractivity contribution in [3.63, 3.8) is 0 Å². The van der Waals surface area contributed by atoms with Gasteiger partial charge in [0.05, 0.1) is 6.10 Å². The number of fused-ring (bicyclic) bond motifs is 1. The first kappa shape index (κ1) is 14.1. The van der Waals surface area contributed by atoms with E-state index in [1.54, 1.807) is 0 Å². The number of hydrogen-bond donors (Lipinski definition) is 2. The van der Waals surface area contributed by atoms with Crippen LogP contribution in [-0.2, 0) is 16.0 Å². The summed E-state index contributed by atoms with van der Waals surface area (Å²) in [6, 6.07) is 10.4. The van der Waals surface area contributed by atoms with E-state index < -0.39 is 0 Å². The monoisotopic (exact) mass is 286 g/mol. The van der Waals surface area contributed by atoms with Crippen molar-refractivity contribution in [1.82, 2.24) is 10.3 Å². The average Bonchev–Trinajstić information content (AvgIpc) is 3.14. The Balaban J connectivity index is 1.39. The lowest BCUT2D eigenvalue weighted by atomic mass is 10.1. The van der Waals surface area contributed by atoms with E-state index in [9.17, 15) is 4.79 Å². The number of H-pyrrole nitrogens is 1. The highest BCUT2D eigenvalue weighted by molar-refractivity contribution is 5.80. The van der Waals surface area contributed by atoms with Gasteiger partial charge in [-0.15, -0.1) is 0 Å². The Bertz CT molecular complexity index is 567. The third-order valence-corrected chi connectivity index (χ3v) is 4.02. The Kier molecular flexibility index (Phi) is 4.55. The Morgan fingerprint density at radius 3 is 3.10 bits per heavy atom. The van der Waals surface area contributed by atoms with E-state index in [1.807, 2.05) is 12.1 Å². The third-order valence-electron chi connectivity index (χ3n) is 4.02. The van der Waals surface area contributed by atoms with Gasteiger partial charge in [-0.25, -0.2) is 0 Å². The number of aromatic amines is 1. The first-order valence-corrected chi connectivity index (χ1v) is 7.76.